The lowest BCUT2D eigenvalue weighted by atomic mass is 10.2. The molecule has 0 amide bonds. The molecule has 0 spiro atoms. The second-order valence-corrected chi connectivity index (χ2v) is 6.68. The van der Waals surface area contributed by atoms with Gasteiger partial charge in [-0.1, -0.05) is 16.8 Å². The molecule has 2 aromatic heterocycles. The highest BCUT2D eigenvalue weighted by Gasteiger charge is 2.15. The average Bonchev–Trinajstić information content (AvgIpc) is 3.23. The lowest BCUT2D eigenvalue weighted by Gasteiger charge is -2.09. The second kappa shape index (κ2) is 7.95. The molecule has 1 atom stereocenters. The Labute approximate surface area is 154 Å². The van der Waals surface area contributed by atoms with Gasteiger partial charge in [-0.05, 0) is 39.0 Å². The smallest absolute Gasteiger partial charge is 0.261 e. The number of nitrogens with zero attached hydrogens (tertiary/aromatic N) is 3. The van der Waals surface area contributed by atoms with E-state index in [0.29, 0.717) is 41.3 Å². The number of thiazole rings is 1. The first-order valence-electron chi connectivity index (χ1n) is 7.85. The third-order valence-electron chi connectivity index (χ3n) is 3.41. The molecule has 25 heavy (non-hydrogen) atoms. The van der Waals surface area contributed by atoms with Crippen LogP contribution in [-0.2, 0) is 11.3 Å². The predicted octanol–water partition coefficient (Wildman–Crippen LogP) is 4.83. The molecule has 0 bridgehead atoms. The van der Waals surface area contributed by atoms with Gasteiger partial charge in [0.05, 0.1) is 11.3 Å². The first-order chi connectivity index (χ1) is 12.1. The zero-order valence-electron chi connectivity index (χ0n) is 14.2. The Morgan fingerprint density at radius 1 is 1.32 bits per heavy atom. The van der Waals surface area contributed by atoms with Crippen molar-refractivity contribution in [2.75, 3.05) is 6.61 Å². The van der Waals surface area contributed by atoms with Crippen LogP contribution in [0.4, 0.5) is 0 Å². The van der Waals surface area contributed by atoms with Gasteiger partial charge in [-0.25, -0.2) is 4.98 Å². The molecule has 0 aliphatic rings. The Balaban J connectivity index is 1.75. The van der Waals surface area contributed by atoms with Gasteiger partial charge in [-0.2, -0.15) is 4.98 Å². The number of hydrogen-bond donors (Lipinski definition) is 0. The van der Waals surface area contributed by atoms with Crippen LogP contribution >= 0.6 is 22.9 Å². The Bertz CT molecular complexity index is 849. The van der Waals surface area contributed by atoms with E-state index >= 15 is 0 Å². The Hall–Kier alpha value is -1.96. The van der Waals surface area contributed by atoms with Gasteiger partial charge >= 0.3 is 0 Å². The zero-order valence-corrected chi connectivity index (χ0v) is 15.7. The van der Waals surface area contributed by atoms with Crippen LogP contribution < -0.4 is 4.74 Å². The summed E-state index contributed by atoms with van der Waals surface area (Å²) in [6.07, 6.45) is -0.0174. The summed E-state index contributed by atoms with van der Waals surface area (Å²) in [6.45, 7) is 6.70. The minimum Gasteiger partial charge on any atom is -0.486 e. The van der Waals surface area contributed by atoms with E-state index in [4.69, 9.17) is 25.6 Å². The van der Waals surface area contributed by atoms with Crippen LogP contribution in [-0.4, -0.2) is 21.7 Å². The lowest BCUT2D eigenvalue weighted by molar-refractivity contribution is 0.0760. The van der Waals surface area contributed by atoms with E-state index in [1.165, 1.54) is 0 Å². The van der Waals surface area contributed by atoms with Crippen molar-refractivity contribution in [3.05, 3.63) is 45.1 Å². The average molecular weight is 380 g/mol. The molecule has 132 valence electrons. The second-order valence-electron chi connectivity index (χ2n) is 5.35. The van der Waals surface area contributed by atoms with E-state index in [1.54, 1.807) is 36.5 Å². The maximum Gasteiger partial charge on any atom is 0.261 e. The summed E-state index contributed by atoms with van der Waals surface area (Å²) < 4.78 is 16.7. The van der Waals surface area contributed by atoms with Crippen molar-refractivity contribution in [3.8, 4) is 17.2 Å². The van der Waals surface area contributed by atoms with Gasteiger partial charge in [0.15, 0.2) is 5.82 Å². The van der Waals surface area contributed by atoms with Crippen LogP contribution in [0.5, 0.6) is 5.75 Å². The van der Waals surface area contributed by atoms with Gasteiger partial charge < -0.3 is 14.0 Å². The van der Waals surface area contributed by atoms with Crippen LogP contribution in [0.2, 0.25) is 5.02 Å². The molecule has 2 heterocycles. The topological polar surface area (TPSA) is 70.3 Å². The standard InChI is InChI=1S/C17H18ClN3O3S/c1-4-22-10(2)17-20-13(9-25-17)8-23-15-6-5-12(18)7-14(15)16-19-11(3)21-24-16/h5-7,9-10H,4,8H2,1-3H3. The summed E-state index contributed by atoms with van der Waals surface area (Å²) in [5.41, 5.74) is 1.50. The fourth-order valence-electron chi connectivity index (χ4n) is 2.25. The van der Waals surface area contributed by atoms with Crippen molar-refractivity contribution >= 4 is 22.9 Å². The van der Waals surface area contributed by atoms with Crippen molar-refractivity contribution in [1.29, 1.82) is 0 Å². The van der Waals surface area contributed by atoms with E-state index in [2.05, 4.69) is 15.1 Å². The van der Waals surface area contributed by atoms with Crippen LogP contribution in [0.25, 0.3) is 11.5 Å². The van der Waals surface area contributed by atoms with Gasteiger partial charge in [0, 0.05) is 17.0 Å². The molecular formula is C17H18ClN3O3S. The molecule has 1 aromatic carbocycles. The summed E-state index contributed by atoms with van der Waals surface area (Å²) in [5.74, 6) is 1.54. The van der Waals surface area contributed by atoms with Crippen molar-refractivity contribution in [2.24, 2.45) is 0 Å². The van der Waals surface area contributed by atoms with E-state index in [9.17, 15) is 0 Å². The summed E-state index contributed by atoms with van der Waals surface area (Å²) in [7, 11) is 0. The van der Waals surface area contributed by atoms with Crippen molar-refractivity contribution < 1.29 is 14.0 Å². The van der Waals surface area contributed by atoms with Gasteiger partial charge in [-0.3, -0.25) is 0 Å². The lowest BCUT2D eigenvalue weighted by Crippen LogP contribution is -2.01. The van der Waals surface area contributed by atoms with E-state index < -0.39 is 0 Å². The van der Waals surface area contributed by atoms with Crippen LogP contribution in [0.3, 0.4) is 0 Å². The maximum atomic E-state index is 6.09. The Morgan fingerprint density at radius 2 is 2.16 bits per heavy atom. The number of hydrogen-bond acceptors (Lipinski definition) is 7. The molecule has 0 aliphatic carbocycles. The summed E-state index contributed by atoms with van der Waals surface area (Å²) in [5, 5.41) is 7.29. The molecule has 0 saturated carbocycles. The highest BCUT2D eigenvalue weighted by Crippen LogP contribution is 2.32. The number of benzene rings is 1. The molecule has 3 rings (SSSR count). The van der Waals surface area contributed by atoms with Crippen molar-refractivity contribution in [3.63, 3.8) is 0 Å². The summed E-state index contributed by atoms with van der Waals surface area (Å²) in [4.78, 5) is 8.80. The normalized spacial score (nSPS) is 12.3. The third kappa shape index (κ3) is 4.36. The molecule has 0 saturated heterocycles. The predicted molar refractivity (Wildman–Crippen MR) is 96.0 cm³/mol. The molecule has 0 fully saturated rings. The van der Waals surface area contributed by atoms with Crippen LogP contribution in [0.15, 0.2) is 28.1 Å². The Morgan fingerprint density at radius 3 is 2.88 bits per heavy atom. The van der Waals surface area contributed by atoms with E-state index in [1.807, 2.05) is 19.2 Å². The van der Waals surface area contributed by atoms with Crippen LogP contribution in [0, 0.1) is 6.92 Å². The number of aryl methyl sites for hydroxylation is 1. The first-order valence-corrected chi connectivity index (χ1v) is 9.11. The quantitative estimate of drug-likeness (QED) is 0.585. The van der Waals surface area contributed by atoms with Gasteiger partial charge in [0.2, 0.25) is 0 Å². The van der Waals surface area contributed by atoms with Gasteiger partial charge in [-0.15, -0.1) is 11.3 Å². The molecular weight excluding hydrogens is 362 g/mol. The number of aromatic nitrogens is 3. The molecule has 0 aliphatic heterocycles. The van der Waals surface area contributed by atoms with Crippen LogP contribution in [0.1, 0.15) is 36.5 Å². The summed E-state index contributed by atoms with van der Waals surface area (Å²) >= 11 is 7.65. The molecule has 8 heteroatoms. The zero-order chi connectivity index (χ0) is 17.8. The molecule has 1 unspecified atom stereocenters. The fourth-order valence-corrected chi connectivity index (χ4v) is 3.23. The number of ether oxygens (including phenoxy) is 2. The minimum absolute atomic E-state index is 0.0174. The SMILES string of the molecule is CCOC(C)c1nc(COc2ccc(Cl)cc2-c2nc(C)no2)cs1. The molecule has 0 radical (unpaired) electrons. The van der Waals surface area contributed by atoms with Crippen molar-refractivity contribution in [1.82, 2.24) is 15.1 Å². The first kappa shape index (κ1) is 17.8. The molecule has 6 nitrogen and oxygen atoms in total. The van der Waals surface area contributed by atoms with Crippen molar-refractivity contribution in [2.45, 2.75) is 33.5 Å². The highest BCUT2D eigenvalue weighted by molar-refractivity contribution is 7.09. The van der Waals surface area contributed by atoms with E-state index in [0.717, 1.165) is 10.7 Å². The molecule has 3 aromatic rings. The third-order valence-corrected chi connectivity index (χ3v) is 4.70. The van der Waals surface area contributed by atoms with E-state index in [-0.39, 0.29) is 6.10 Å². The van der Waals surface area contributed by atoms with Gasteiger partial charge in [0.25, 0.3) is 5.89 Å². The number of halogens is 1. The van der Waals surface area contributed by atoms with Gasteiger partial charge in [0.1, 0.15) is 23.5 Å². The summed E-state index contributed by atoms with van der Waals surface area (Å²) in [6, 6.07) is 5.29. The fraction of sp³-hybridized carbons (Fsp3) is 0.353. The monoisotopic (exact) mass is 379 g/mol. The largest absolute Gasteiger partial charge is 0.486 e. The minimum atomic E-state index is -0.0174. The Kier molecular flexibility index (Phi) is 5.67. The highest BCUT2D eigenvalue weighted by atomic mass is 35.5. The molecule has 0 N–H and O–H groups in total. The number of rotatable bonds is 7. The maximum absolute atomic E-state index is 6.09.